The van der Waals surface area contributed by atoms with Crippen LogP contribution in [0.1, 0.15) is 32.1 Å². The number of halogens is 1. The Balaban J connectivity index is 1.57. The summed E-state index contributed by atoms with van der Waals surface area (Å²) >= 11 is 6.00. The highest BCUT2D eigenvalue weighted by Crippen LogP contribution is 2.34. The molecule has 0 unspecified atom stereocenters. The molecule has 1 N–H and O–H groups in total. The van der Waals surface area contributed by atoms with Gasteiger partial charge in [-0.25, -0.2) is 0 Å². The lowest BCUT2D eigenvalue weighted by molar-refractivity contribution is -0.125. The van der Waals surface area contributed by atoms with Gasteiger partial charge in [0.25, 0.3) is 5.91 Å². The van der Waals surface area contributed by atoms with E-state index < -0.39 is 0 Å². The van der Waals surface area contributed by atoms with E-state index in [9.17, 15) is 9.59 Å². The smallest absolute Gasteiger partial charge is 0.265 e. The summed E-state index contributed by atoms with van der Waals surface area (Å²) in [7, 11) is 0. The summed E-state index contributed by atoms with van der Waals surface area (Å²) in [4.78, 5) is 25.7. The first-order chi connectivity index (χ1) is 11.6. The Morgan fingerprint density at radius 2 is 2.21 bits per heavy atom. The van der Waals surface area contributed by atoms with E-state index in [2.05, 4.69) is 11.4 Å². The quantitative estimate of drug-likeness (QED) is 0.832. The number of fused-ring (bicyclic) bond motifs is 1. The van der Waals surface area contributed by atoms with Crippen LogP contribution < -0.4 is 15.0 Å². The molecule has 3 rings (SSSR count). The van der Waals surface area contributed by atoms with Gasteiger partial charge in [0.05, 0.1) is 5.69 Å². The SMILES string of the molecule is O=C(CN1C(=O)COc2ccc(Cl)cc21)NCCC1=CCCCC1. The van der Waals surface area contributed by atoms with E-state index in [0.717, 1.165) is 19.3 Å². The van der Waals surface area contributed by atoms with Crippen molar-refractivity contribution >= 4 is 29.1 Å². The molecule has 0 aromatic heterocycles. The fourth-order valence-corrected chi connectivity index (χ4v) is 3.21. The predicted molar refractivity (Wildman–Crippen MR) is 93.5 cm³/mol. The maximum Gasteiger partial charge on any atom is 0.265 e. The highest BCUT2D eigenvalue weighted by molar-refractivity contribution is 6.31. The van der Waals surface area contributed by atoms with Gasteiger partial charge in [0.15, 0.2) is 6.61 Å². The summed E-state index contributed by atoms with van der Waals surface area (Å²) in [5.74, 6) is 0.154. The molecule has 0 saturated carbocycles. The number of carbonyl (C=O) groups excluding carboxylic acids is 2. The van der Waals surface area contributed by atoms with Crippen LogP contribution in [-0.4, -0.2) is 31.5 Å². The second-order valence-corrected chi connectivity index (χ2v) is 6.53. The third-order valence-electron chi connectivity index (χ3n) is 4.32. The van der Waals surface area contributed by atoms with Crippen molar-refractivity contribution in [1.82, 2.24) is 5.32 Å². The molecule has 6 heteroatoms. The molecule has 0 atom stereocenters. The summed E-state index contributed by atoms with van der Waals surface area (Å²) in [6.45, 7) is 0.523. The fourth-order valence-electron chi connectivity index (χ4n) is 3.04. The van der Waals surface area contributed by atoms with Crippen molar-refractivity contribution in [1.29, 1.82) is 0 Å². The summed E-state index contributed by atoms with van der Waals surface area (Å²) in [5.41, 5.74) is 1.96. The van der Waals surface area contributed by atoms with Gasteiger partial charge in [0, 0.05) is 11.6 Å². The number of carbonyl (C=O) groups is 2. The van der Waals surface area contributed by atoms with Crippen LogP contribution in [0.25, 0.3) is 0 Å². The lowest BCUT2D eigenvalue weighted by Gasteiger charge is -2.29. The van der Waals surface area contributed by atoms with Gasteiger partial charge in [0.1, 0.15) is 12.3 Å². The predicted octanol–water partition coefficient (Wildman–Crippen LogP) is 3.07. The summed E-state index contributed by atoms with van der Waals surface area (Å²) in [6, 6.07) is 5.06. The van der Waals surface area contributed by atoms with Gasteiger partial charge < -0.3 is 10.1 Å². The molecule has 24 heavy (non-hydrogen) atoms. The minimum atomic E-state index is -0.241. The molecule has 2 aliphatic rings. The van der Waals surface area contributed by atoms with Crippen LogP contribution in [0, 0.1) is 0 Å². The third-order valence-corrected chi connectivity index (χ3v) is 4.55. The Bertz CT molecular complexity index is 672. The molecule has 128 valence electrons. The zero-order chi connectivity index (χ0) is 16.9. The number of hydrogen-bond acceptors (Lipinski definition) is 3. The van der Waals surface area contributed by atoms with Crippen molar-refractivity contribution in [3.8, 4) is 5.75 Å². The van der Waals surface area contributed by atoms with E-state index >= 15 is 0 Å². The summed E-state index contributed by atoms with van der Waals surface area (Å²) in [6.07, 6.45) is 7.92. The Hall–Kier alpha value is -2.01. The molecule has 2 amide bonds. The van der Waals surface area contributed by atoms with E-state index in [-0.39, 0.29) is 25.0 Å². The largest absolute Gasteiger partial charge is 0.482 e. The Labute approximate surface area is 146 Å². The molecule has 1 aliphatic heterocycles. The van der Waals surface area contributed by atoms with Crippen molar-refractivity contribution in [3.63, 3.8) is 0 Å². The number of benzene rings is 1. The van der Waals surface area contributed by atoms with Gasteiger partial charge in [-0.3, -0.25) is 14.5 Å². The Morgan fingerprint density at radius 1 is 1.33 bits per heavy atom. The van der Waals surface area contributed by atoms with Crippen LogP contribution in [0.2, 0.25) is 5.02 Å². The lowest BCUT2D eigenvalue weighted by atomic mass is 9.97. The number of amides is 2. The molecule has 0 radical (unpaired) electrons. The molecule has 5 nitrogen and oxygen atoms in total. The van der Waals surface area contributed by atoms with Crippen molar-refractivity contribution in [2.75, 3.05) is 24.6 Å². The van der Waals surface area contributed by atoms with Crippen molar-refractivity contribution < 1.29 is 14.3 Å². The van der Waals surface area contributed by atoms with Gasteiger partial charge in [-0.1, -0.05) is 23.3 Å². The third kappa shape index (κ3) is 4.09. The Morgan fingerprint density at radius 3 is 3.00 bits per heavy atom. The van der Waals surface area contributed by atoms with Crippen molar-refractivity contribution in [3.05, 3.63) is 34.9 Å². The van der Waals surface area contributed by atoms with Crippen LogP contribution in [0.5, 0.6) is 5.75 Å². The number of hydrogen-bond donors (Lipinski definition) is 1. The number of rotatable bonds is 5. The van der Waals surface area contributed by atoms with E-state index in [4.69, 9.17) is 16.3 Å². The minimum Gasteiger partial charge on any atom is -0.482 e. The van der Waals surface area contributed by atoms with E-state index in [0.29, 0.717) is 23.0 Å². The first-order valence-electron chi connectivity index (χ1n) is 8.31. The molecule has 0 fully saturated rings. The molecule has 0 bridgehead atoms. The molecule has 1 heterocycles. The van der Waals surface area contributed by atoms with Crippen LogP contribution in [0.4, 0.5) is 5.69 Å². The van der Waals surface area contributed by atoms with Gasteiger partial charge in [0.2, 0.25) is 5.91 Å². The maximum absolute atomic E-state index is 12.2. The monoisotopic (exact) mass is 348 g/mol. The van der Waals surface area contributed by atoms with Crippen LogP contribution in [0.3, 0.4) is 0 Å². The van der Waals surface area contributed by atoms with Crippen LogP contribution in [-0.2, 0) is 9.59 Å². The highest BCUT2D eigenvalue weighted by Gasteiger charge is 2.27. The fraction of sp³-hybridized carbons (Fsp3) is 0.444. The Kier molecular flexibility index (Phi) is 5.41. The average molecular weight is 349 g/mol. The highest BCUT2D eigenvalue weighted by atomic mass is 35.5. The summed E-state index contributed by atoms with van der Waals surface area (Å²) < 4.78 is 5.37. The maximum atomic E-state index is 12.2. The zero-order valence-corrected chi connectivity index (χ0v) is 14.3. The number of allylic oxidation sites excluding steroid dienone is 1. The van der Waals surface area contributed by atoms with Crippen molar-refractivity contribution in [2.45, 2.75) is 32.1 Å². The number of ether oxygens (including phenoxy) is 1. The lowest BCUT2D eigenvalue weighted by Crippen LogP contribution is -2.45. The van der Waals surface area contributed by atoms with E-state index in [1.165, 1.54) is 23.3 Å². The first kappa shape index (κ1) is 16.8. The van der Waals surface area contributed by atoms with Gasteiger partial charge in [-0.15, -0.1) is 0 Å². The standard InChI is InChI=1S/C18H21ClN2O3/c19-14-6-7-16-15(10-14)21(18(23)12-24-16)11-17(22)20-9-8-13-4-2-1-3-5-13/h4,6-7,10H,1-3,5,8-9,11-12H2,(H,20,22). The molecule has 1 aliphatic carbocycles. The molecule has 1 aromatic rings. The van der Waals surface area contributed by atoms with Gasteiger partial charge >= 0.3 is 0 Å². The van der Waals surface area contributed by atoms with Crippen LogP contribution >= 0.6 is 11.6 Å². The van der Waals surface area contributed by atoms with E-state index in [1.54, 1.807) is 18.2 Å². The molecule has 1 aromatic carbocycles. The second-order valence-electron chi connectivity index (χ2n) is 6.09. The summed E-state index contributed by atoms with van der Waals surface area (Å²) in [5, 5.41) is 3.40. The van der Waals surface area contributed by atoms with Crippen LogP contribution in [0.15, 0.2) is 29.8 Å². The minimum absolute atomic E-state index is 0.0193. The molecular weight excluding hydrogens is 328 g/mol. The number of nitrogens with one attached hydrogen (secondary N) is 1. The first-order valence-corrected chi connectivity index (χ1v) is 8.68. The topological polar surface area (TPSA) is 58.6 Å². The average Bonchev–Trinajstić information content (AvgIpc) is 2.58. The second kappa shape index (κ2) is 7.71. The van der Waals surface area contributed by atoms with Gasteiger partial charge in [-0.05, 0) is 50.3 Å². The van der Waals surface area contributed by atoms with Gasteiger partial charge in [-0.2, -0.15) is 0 Å². The van der Waals surface area contributed by atoms with Crippen molar-refractivity contribution in [2.24, 2.45) is 0 Å². The van der Waals surface area contributed by atoms with E-state index in [1.807, 2.05) is 0 Å². The molecular formula is C18H21ClN2O3. The number of anilines is 1. The molecule has 0 saturated heterocycles. The number of nitrogens with zero attached hydrogens (tertiary/aromatic N) is 1. The normalized spacial score (nSPS) is 17.0. The zero-order valence-electron chi connectivity index (χ0n) is 13.5. The molecule has 0 spiro atoms.